The molecule has 0 fully saturated rings. The molecule has 2 amide bonds. The van der Waals surface area contributed by atoms with Gasteiger partial charge >= 0.3 is 0 Å². The lowest BCUT2D eigenvalue weighted by Gasteiger charge is -2.20. The summed E-state index contributed by atoms with van der Waals surface area (Å²) in [6.45, 7) is 11.5. The molecule has 0 aromatic heterocycles. The first-order valence-electron chi connectivity index (χ1n) is 9.02. The number of anilines is 2. The van der Waals surface area contributed by atoms with E-state index in [4.69, 9.17) is 4.74 Å². The molecular formula is C22H28N2O3. The summed E-state index contributed by atoms with van der Waals surface area (Å²) in [5, 5.41) is 5.57. The summed E-state index contributed by atoms with van der Waals surface area (Å²) in [5.41, 5.74) is 3.47. The molecule has 0 radical (unpaired) electrons. The van der Waals surface area contributed by atoms with E-state index in [-0.39, 0.29) is 17.2 Å². The van der Waals surface area contributed by atoms with Gasteiger partial charge in [0.1, 0.15) is 5.75 Å². The third kappa shape index (κ3) is 5.84. The average Bonchev–Trinajstić information content (AvgIpc) is 2.57. The summed E-state index contributed by atoms with van der Waals surface area (Å²) in [6.07, 6.45) is -0.656. The molecule has 0 heterocycles. The van der Waals surface area contributed by atoms with E-state index >= 15 is 0 Å². The Kier molecular flexibility index (Phi) is 6.26. The van der Waals surface area contributed by atoms with Crippen LogP contribution in [0.25, 0.3) is 0 Å². The van der Waals surface area contributed by atoms with E-state index < -0.39 is 6.10 Å². The van der Waals surface area contributed by atoms with Gasteiger partial charge in [0.15, 0.2) is 6.10 Å². The number of carbonyl (C=O) groups excluding carboxylic acids is 2. The first-order chi connectivity index (χ1) is 12.6. The van der Waals surface area contributed by atoms with Crippen molar-refractivity contribution in [2.45, 2.75) is 53.1 Å². The highest BCUT2D eigenvalue weighted by Gasteiger charge is 2.17. The topological polar surface area (TPSA) is 67.4 Å². The van der Waals surface area contributed by atoms with Crippen molar-refractivity contribution >= 4 is 23.2 Å². The van der Waals surface area contributed by atoms with E-state index in [0.29, 0.717) is 17.1 Å². The predicted octanol–water partition coefficient (Wildman–Crippen LogP) is 4.66. The summed E-state index contributed by atoms with van der Waals surface area (Å²) >= 11 is 0. The van der Waals surface area contributed by atoms with Crippen LogP contribution in [0, 0.1) is 6.92 Å². The normalized spacial score (nSPS) is 12.2. The Balaban J connectivity index is 2.02. The van der Waals surface area contributed by atoms with Crippen molar-refractivity contribution in [3.8, 4) is 5.75 Å². The van der Waals surface area contributed by atoms with Crippen molar-refractivity contribution in [3.63, 3.8) is 0 Å². The molecule has 5 nitrogen and oxygen atoms in total. The van der Waals surface area contributed by atoms with Crippen LogP contribution in [-0.4, -0.2) is 17.9 Å². The lowest BCUT2D eigenvalue weighted by molar-refractivity contribution is -0.122. The van der Waals surface area contributed by atoms with E-state index in [1.54, 1.807) is 19.1 Å². The molecule has 0 aliphatic carbocycles. The van der Waals surface area contributed by atoms with Crippen LogP contribution < -0.4 is 15.4 Å². The summed E-state index contributed by atoms with van der Waals surface area (Å²) in [7, 11) is 0. The third-order valence-corrected chi connectivity index (χ3v) is 4.22. The van der Waals surface area contributed by atoms with Crippen molar-refractivity contribution in [3.05, 3.63) is 53.6 Å². The highest BCUT2D eigenvalue weighted by Crippen LogP contribution is 2.25. The molecule has 2 aromatic carbocycles. The molecule has 1 unspecified atom stereocenters. The second-order valence-corrected chi connectivity index (χ2v) is 7.73. The largest absolute Gasteiger partial charge is 0.481 e. The van der Waals surface area contributed by atoms with Crippen LogP contribution in [0.4, 0.5) is 11.4 Å². The minimum Gasteiger partial charge on any atom is -0.481 e. The molecule has 1 atom stereocenters. The van der Waals surface area contributed by atoms with Gasteiger partial charge in [0.05, 0.1) is 0 Å². The smallest absolute Gasteiger partial charge is 0.265 e. The van der Waals surface area contributed by atoms with Gasteiger partial charge in [-0.15, -0.1) is 0 Å². The minimum absolute atomic E-state index is 0.0680. The van der Waals surface area contributed by atoms with Gasteiger partial charge < -0.3 is 15.4 Å². The number of nitrogens with one attached hydrogen (secondary N) is 2. The van der Waals surface area contributed by atoms with Crippen molar-refractivity contribution in [2.24, 2.45) is 0 Å². The summed E-state index contributed by atoms with van der Waals surface area (Å²) < 4.78 is 5.75. The molecule has 0 saturated heterocycles. The van der Waals surface area contributed by atoms with Crippen molar-refractivity contribution in [2.75, 3.05) is 10.6 Å². The van der Waals surface area contributed by atoms with E-state index in [2.05, 4.69) is 31.4 Å². The summed E-state index contributed by atoms with van der Waals surface area (Å²) in [5.74, 6) is 0.234. The Labute approximate surface area is 161 Å². The lowest BCUT2D eigenvalue weighted by atomic mass is 9.87. The lowest BCUT2D eigenvalue weighted by Crippen LogP contribution is -2.30. The highest BCUT2D eigenvalue weighted by atomic mass is 16.5. The number of rotatable bonds is 5. The van der Waals surface area contributed by atoms with Gasteiger partial charge in [-0.05, 0) is 54.7 Å². The van der Waals surface area contributed by atoms with Crippen molar-refractivity contribution in [1.29, 1.82) is 0 Å². The van der Waals surface area contributed by atoms with Crippen LogP contribution in [0.1, 0.15) is 45.7 Å². The Morgan fingerprint density at radius 1 is 1.00 bits per heavy atom. The molecule has 0 spiro atoms. The number of benzene rings is 2. The molecule has 0 bridgehead atoms. The zero-order valence-corrected chi connectivity index (χ0v) is 16.8. The second kappa shape index (κ2) is 8.25. The molecule has 27 heavy (non-hydrogen) atoms. The van der Waals surface area contributed by atoms with Crippen LogP contribution >= 0.6 is 0 Å². The predicted molar refractivity (Wildman–Crippen MR) is 109 cm³/mol. The summed E-state index contributed by atoms with van der Waals surface area (Å²) in [4.78, 5) is 23.7. The van der Waals surface area contributed by atoms with E-state index in [0.717, 1.165) is 5.56 Å². The van der Waals surface area contributed by atoms with Crippen LogP contribution in [0.5, 0.6) is 5.75 Å². The fourth-order valence-electron chi connectivity index (χ4n) is 2.56. The van der Waals surface area contributed by atoms with E-state index in [1.165, 1.54) is 12.5 Å². The average molecular weight is 368 g/mol. The van der Waals surface area contributed by atoms with E-state index in [1.807, 2.05) is 37.3 Å². The first kappa shape index (κ1) is 20.5. The standard InChI is InChI=1S/C22H28N2O3/c1-14-7-10-18(13-20(14)23-16(3)25)24-21(26)15(2)27-19-11-8-17(9-12-19)22(4,5)6/h7-13,15H,1-6H3,(H,23,25)(H,24,26). The SMILES string of the molecule is CC(=O)Nc1cc(NC(=O)C(C)Oc2ccc(C(C)(C)C)cc2)ccc1C. The first-order valence-corrected chi connectivity index (χ1v) is 9.02. The van der Waals surface area contributed by atoms with Gasteiger partial charge in [0.25, 0.3) is 5.91 Å². The van der Waals surface area contributed by atoms with Crippen LogP contribution in [0.3, 0.4) is 0 Å². The Morgan fingerprint density at radius 3 is 2.19 bits per heavy atom. The van der Waals surface area contributed by atoms with Crippen LogP contribution in [-0.2, 0) is 15.0 Å². The van der Waals surface area contributed by atoms with Gasteiger partial charge in [-0.2, -0.15) is 0 Å². The minimum atomic E-state index is -0.656. The number of aryl methyl sites for hydroxylation is 1. The second-order valence-electron chi connectivity index (χ2n) is 7.73. The maximum atomic E-state index is 12.4. The maximum Gasteiger partial charge on any atom is 0.265 e. The molecule has 144 valence electrons. The highest BCUT2D eigenvalue weighted by molar-refractivity contribution is 5.96. The quantitative estimate of drug-likeness (QED) is 0.807. The molecular weight excluding hydrogens is 340 g/mol. The van der Waals surface area contributed by atoms with Gasteiger partial charge in [0, 0.05) is 18.3 Å². The summed E-state index contributed by atoms with van der Waals surface area (Å²) in [6, 6.07) is 13.2. The maximum absolute atomic E-state index is 12.4. The molecule has 0 aliphatic heterocycles. The third-order valence-electron chi connectivity index (χ3n) is 4.22. The molecule has 5 heteroatoms. The monoisotopic (exact) mass is 368 g/mol. The van der Waals surface area contributed by atoms with Gasteiger partial charge in [-0.1, -0.05) is 39.0 Å². The Hall–Kier alpha value is -2.82. The van der Waals surface area contributed by atoms with Gasteiger partial charge in [0.2, 0.25) is 5.91 Å². The zero-order chi connectivity index (χ0) is 20.2. The van der Waals surface area contributed by atoms with Gasteiger partial charge in [-0.25, -0.2) is 0 Å². The fourth-order valence-corrected chi connectivity index (χ4v) is 2.56. The van der Waals surface area contributed by atoms with Gasteiger partial charge in [-0.3, -0.25) is 9.59 Å². The van der Waals surface area contributed by atoms with Crippen LogP contribution in [0.2, 0.25) is 0 Å². The number of ether oxygens (including phenoxy) is 1. The molecule has 0 aliphatic rings. The van der Waals surface area contributed by atoms with Crippen molar-refractivity contribution < 1.29 is 14.3 Å². The van der Waals surface area contributed by atoms with Crippen molar-refractivity contribution in [1.82, 2.24) is 0 Å². The molecule has 2 rings (SSSR count). The van der Waals surface area contributed by atoms with E-state index in [9.17, 15) is 9.59 Å². The number of amides is 2. The molecule has 2 aromatic rings. The Morgan fingerprint density at radius 2 is 1.63 bits per heavy atom. The number of hydrogen-bond acceptors (Lipinski definition) is 3. The Bertz CT molecular complexity index is 820. The fraction of sp³-hybridized carbons (Fsp3) is 0.364. The molecule has 0 saturated carbocycles. The molecule has 2 N–H and O–H groups in total. The van der Waals surface area contributed by atoms with Crippen LogP contribution in [0.15, 0.2) is 42.5 Å². The number of hydrogen-bond donors (Lipinski definition) is 2. The number of carbonyl (C=O) groups is 2. The zero-order valence-electron chi connectivity index (χ0n) is 16.8.